The molecule has 0 radical (unpaired) electrons. The molecule has 1 fully saturated rings. The van der Waals surface area contributed by atoms with Crippen LogP contribution in [-0.2, 0) is 4.74 Å². The molecule has 1 aliphatic rings. The largest absolute Gasteiger partial charge is 0.375 e. The molecule has 6 nitrogen and oxygen atoms in total. The van der Waals surface area contributed by atoms with Gasteiger partial charge < -0.3 is 9.64 Å². The molecule has 1 saturated heterocycles. The molecule has 0 aliphatic carbocycles. The van der Waals surface area contributed by atoms with E-state index >= 15 is 0 Å². The van der Waals surface area contributed by atoms with Crippen LogP contribution in [-0.4, -0.2) is 41.5 Å². The highest BCUT2D eigenvalue weighted by molar-refractivity contribution is 6.31. The summed E-state index contributed by atoms with van der Waals surface area (Å²) in [6, 6.07) is 4.09. The zero-order chi connectivity index (χ0) is 14.7. The Morgan fingerprint density at radius 1 is 1.60 bits per heavy atom. The van der Waals surface area contributed by atoms with E-state index in [1.807, 2.05) is 6.92 Å². The van der Waals surface area contributed by atoms with Crippen LogP contribution in [0.2, 0.25) is 5.02 Å². The fraction of sp³-hybridized carbons (Fsp3) is 0.462. The molecule has 0 bridgehead atoms. The number of carbonyl (C=O) groups excluding carboxylic acids is 1. The van der Waals surface area contributed by atoms with Gasteiger partial charge in [-0.3, -0.25) is 14.9 Å². The molecule has 0 aromatic heterocycles. The number of halogens is 1. The summed E-state index contributed by atoms with van der Waals surface area (Å²) in [5.41, 5.74) is -0.196. The van der Waals surface area contributed by atoms with Crippen LogP contribution in [0.25, 0.3) is 0 Å². The first-order valence-corrected chi connectivity index (χ1v) is 6.75. The second-order valence-electron chi connectivity index (χ2n) is 4.57. The van der Waals surface area contributed by atoms with Crippen molar-refractivity contribution in [3.05, 3.63) is 38.9 Å². The number of hydrogen-bond donors (Lipinski definition) is 0. The standard InChI is InChI=1S/C13H15ClN2O4/c1-2-10-8-15(5-6-20-10)13(17)11-4-3-9(14)7-12(11)16(18)19/h3-4,7,10H,2,5-6,8H2,1H3. The van der Waals surface area contributed by atoms with Gasteiger partial charge in [-0.15, -0.1) is 0 Å². The highest BCUT2D eigenvalue weighted by atomic mass is 35.5. The molecule has 0 N–H and O–H groups in total. The van der Waals surface area contributed by atoms with Gasteiger partial charge >= 0.3 is 0 Å². The second kappa shape index (κ2) is 6.19. The molecule has 108 valence electrons. The van der Waals surface area contributed by atoms with E-state index in [0.717, 1.165) is 6.42 Å². The van der Waals surface area contributed by atoms with Gasteiger partial charge in [0.15, 0.2) is 0 Å². The molecule has 1 aliphatic heterocycles. The van der Waals surface area contributed by atoms with E-state index in [1.165, 1.54) is 18.2 Å². The molecule has 7 heteroatoms. The van der Waals surface area contributed by atoms with Crippen molar-refractivity contribution in [2.45, 2.75) is 19.4 Å². The van der Waals surface area contributed by atoms with Crippen molar-refractivity contribution in [2.24, 2.45) is 0 Å². The van der Waals surface area contributed by atoms with Gasteiger partial charge in [0.25, 0.3) is 11.6 Å². The van der Waals surface area contributed by atoms with Gasteiger partial charge in [-0.05, 0) is 18.6 Å². The molecule has 2 rings (SSSR count). The maximum atomic E-state index is 12.4. The van der Waals surface area contributed by atoms with Crippen LogP contribution in [0, 0.1) is 10.1 Å². The first-order chi connectivity index (χ1) is 9.52. The average Bonchev–Trinajstić information content (AvgIpc) is 2.46. The summed E-state index contributed by atoms with van der Waals surface area (Å²) in [6.07, 6.45) is 0.783. The van der Waals surface area contributed by atoms with E-state index in [9.17, 15) is 14.9 Å². The number of hydrogen-bond acceptors (Lipinski definition) is 4. The fourth-order valence-corrected chi connectivity index (χ4v) is 2.32. The van der Waals surface area contributed by atoms with Crippen LogP contribution in [0.5, 0.6) is 0 Å². The summed E-state index contributed by atoms with van der Waals surface area (Å²) in [4.78, 5) is 24.5. The zero-order valence-corrected chi connectivity index (χ0v) is 11.8. The summed E-state index contributed by atoms with van der Waals surface area (Å²) in [5.74, 6) is -0.352. The Morgan fingerprint density at radius 2 is 2.35 bits per heavy atom. The van der Waals surface area contributed by atoms with Crippen LogP contribution in [0.4, 0.5) is 5.69 Å². The monoisotopic (exact) mass is 298 g/mol. The highest BCUT2D eigenvalue weighted by Crippen LogP contribution is 2.25. The predicted octanol–water partition coefficient (Wildman–Crippen LogP) is 2.50. The number of nitro benzene ring substituents is 1. The Labute approximate surface area is 121 Å². The van der Waals surface area contributed by atoms with Gasteiger partial charge in [0.05, 0.1) is 17.6 Å². The van der Waals surface area contributed by atoms with E-state index in [4.69, 9.17) is 16.3 Å². The zero-order valence-electron chi connectivity index (χ0n) is 11.0. The summed E-state index contributed by atoms with van der Waals surface area (Å²) >= 11 is 5.75. The number of amides is 1. The van der Waals surface area contributed by atoms with E-state index in [2.05, 4.69) is 0 Å². The van der Waals surface area contributed by atoms with Gasteiger partial charge in [-0.1, -0.05) is 18.5 Å². The van der Waals surface area contributed by atoms with Crippen molar-refractivity contribution in [1.82, 2.24) is 4.90 Å². The predicted molar refractivity (Wildman–Crippen MR) is 74.0 cm³/mol. The third-order valence-corrected chi connectivity index (χ3v) is 3.50. The van der Waals surface area contributed by atoms with Gasteiger partial charge in [-0.25, -0.2) is 0 Å². The number of nitro groups is 1. The van der Waals surface area contributed by atoms with Gasteiger partial charge in [0, 0.05) is 24.2 Å². The van der Waals surface area contributed by atoms with Gasteiger partial charge in [0.2, 0.25) is 0 Å². The number of benzene rings is 1. The van der Waals surface area contributed by atoms with Gasteiger partial charge in [0.1, 0.15) is 5.56 Å². The third-order valence-electron chi connectivity index (χ3n) is 3.27. The van der Waals surface area contributed by atoms with Crippen LogP contribution in [0.15, 0.2) is 18.2 Å². The smallest absolute Gasteiger partial charge is 0.283 e. The summed E-state index contributed by atoms with van der Waals surface area (Å²) in [5, 5.41) is 11.3. The van der Waals surface area contributed by atoms with E-state index in [0.29, 0.717) is 19.7 Å². The van der Waals surface area contributed by atoms with E-state index < -0.39 is 4.92 Å². The van der Waals surface area contributed by atoms with Gasteiger partial charge in [-0.2, -0.15) is 0 Å². The molecule has 20 heavy (non-hydrogen) atoms. The molecule has 1 unspecified atom stereocenters. The Bertz CT molecular complexity index is 535. The number of morpholine rings is 1. The first-order valence-electron chi connectivity index (χ1n) is 6.37. The Hall–Kier alpha value is -1.66. The van der Waals surface area contributed by atoms with Crippen LogP contribution in [0.3, 0.4) is 0 Å². The number of carbonyl (C=O) groups is 1. The van der Waals surface area contributed by atoms with Crippen molar-refractivity contribution in [3.63, 3.8) is 0 Å². The quantitative estimate of drug-likeness (QED) is 0.635. The molecule has 1 aromatic rings. The molecule has 1 atom stereocenters. The molecule has 1 aromatic carbocycles. The number of rotatable bonds is 3. The first kappa shape index (κ1) is 14.7. The average molecular weight is 299 g/mol. The number of nitrogens with zero attached hydrogens (tertiary/aromatic N) is 2. The minimum Gasteiger partial charge on any atom is -0.375 e. The van der Waals surface area contributed by atoms with Crippen LogP contribution >= 0.6 is 11.6 Å². The van der Waals surface area contributed by atoms with Crippen molar-refractivity contribution in [1.29, 1.82) is 0 Å². The SMILES string of the molecule is CCC1CN(C(=O)c2ccc(Cl)cc2[N+](=O)[O-])CCO1. The summed E-state index contributed by atoms with van der Waals surface area (Å²) in [7, 11) is 0. The molecular formula is C13H15ClN2O4. The Kier molecular flexibility index (Phi) is 4.57. The highest BCUT2D eigenvalue weighted by Gasteiger charge is 2.28. The lowest BCUT2D eigenvalue weighted by Crippen LogP contribution is -2.45. The molecule has 1 amide bonds. The lowest BCUT2D eigenvalue weighted by Gasteiger charge is -2.32. The molecule has 0 saturated carbocycles. The minimum absolute atomic E-state index is 0.0148. The maximum absolute atomic E-state index is 12.4. The maximum Gasteiger partial charge on any atom is 0.283 e. The van der Waals surface area contributed by atoms with Crippen molar-refractivity contribution in [3.8, 4) is 0 Å². The number of ether oxygens (including phenoxy) is 1. The normalized spacial score (nSPS) is 18.9. The molecule has 1 heterocycles. The summed E-state index contributed by atoms with van der Waals surface area (Å²) < 4.78 is 5.49. The fourth-order valence-electron chi connectivity index (χ4n) is 2.16. The molecule has 0 spiro atoms. The van der Waals surface area contributed by atoms with E-state index in [1.54, 1.807) is 4.90 Å². The third kappa shape index (κ3) is 3.08. The van der Waals surface area contributed by atoms with E-state index in [-0.39, 0.29) is 28.3 Å². The Balaban J connectivity index is 2.27. The molecular weight excluding hydrogens is 284 g/mol. The second-order valence-corrected chi connectivity index (χ2v) is 5.01. The Morgan fingerprint density at radius 3 is 3.00 bits per heavy atom. The van der Waals surface area contributed by atoms with Crippen LogP contribution in [0.1, 0.15) is 23.7 Å². The van der Waals surface area contributed by atoms with Crippen LogP contribution < -0.4 is 0 Å². The lowest BCUT2D eigenvalue weighted by atomic mass is 10.1. The lowest BCUT2D eigenvalue weighted by molar-refractivity contribution is -0.385. The summed E-state index contributed by atoms with van der Waals surface area (Å²) in [6.45, 7) is 3.32. The van der Waals surface area contributed by atoms with Crippen molar-refractivity contribution < 1.29 is 14.5 Å². The van der Waals surface area contributed by atoms with Crippen molar-refractivity contribution >= 4 is 23.2 Å². The topological polar surface area (TPSA) is 72.7 Å². The van der Waals surface area contributed by atoms with Crippen molar-refractivity contribution in [2.75, 3.05) is 19.7 Å². The minimum atomic E-state index is -0.586.